The third-order valence-electron chi connectivity index (χ3n) is 5.79. The Labute approximate surface area is 179 Å². The van der Waals surface area contributed by atoms with Crippen LogP contribution in [0.5, 0.6) is 0 Å². The average molecular weight is 478 g/mol. The number of hydrogen-bond donors (Lipinski definition) is 3. The van der Waals surface area contributed by atoms with Gasteiger partial charge in [0.25, 0.3) is 0 Å². The van der Waals surface area contributed by atoms with Crippen LogP contribution < -0.4 is 10.6 Å². The molecule has 2 aliphatic rings. The number of carbonyl (C=O) groups excluding carboxylic acids is 1. The van der Waals surface area contributed by atoms with E-state index >= 15 is 0 Å². The molecule has 0 unspecified atom stereocenters. The van der Waals surface area contributed by atoms with Crippen molar-refractivity contribution in [1.82, 2.24) is 30.1 Å². The maximum atomic E-state index is 15.0. The summed E-state index contributed by atoms with van der Waals surface area (Å²) < 4.78 is 22.8. The van der Waals surface area contributed by atoms with Gasteiger partial charge in [0.2, 0.25) is 0 Å². The van der Waals surface area contributed by atoms with Gasteiger partial charge >= 0.3 is 6.09 Å². The van der Waals surface area contributed by atoms with E-state index in [1.54, 1.807) is 29.2 Å². The van der Waals surface area contributed by atoms with Crippen molar-refractivity contribution in [3.05, 3.63) is 34.8 Å². The molecule has 11 heteroatoms. The van der Waals surface area contributed by atoms with E-state index in [-0.39, 0.29) is 5.54 Å². The Balaban J connectivity index is 1.26. The Bertz CT molecular complexity index is 1100. The third-order valence-corrected chi connectivity index (χ3v) is 6.37. The lowest BCUT2D eigenvalue weighted by atomic mass is 10.0. The van der Waals surface area contributed by atoms with Gasteiger partial charge in [0.1, 0.15) is 17.8 Å². The first-order valence-corrected chi connectivity index (χ1v) is 10.6. The summed E-state index contributed by atoms with van der Waals surface area (Å²) in [7, 11) is 0. The zero-order chi connectivity index (χ0) is 20.9. The lowest BCUT2D eigenvalue weighted by Crippen LogP contribution is -2.38. The second-order valence-corrected chi connectivity index (χ2v) is 9.01. The van der Waals surface area contributed by atoms with Gasteiger partial charge in [-0.25, -0.2) is 18.7 Å². The fourth-order valence-electron chi connectivity index (χ4n) is 3.81. The highest BCUT2D eigenvalue weighted by molar-refractivity contribution is 9.10. The molecule has 3 heterocycles. The molecule has 0 aromatic carbocycles. The number of aromatic nitrogens is 5. The number of halogens is 2. The number of alkyl halides is 1. The molecule has 2 saturated carbocycles. The Morgan fingerprint density at radius 2 is 2.27 bits per heavy atom. The van der Waals surface area contributed by atoms with Crippen LogP contribution in [0.2, 0.25) is 0 Å². The summed E-state index contributed by atoms with van der Waals surface area (Å²) in [5, 5.41) is 17.3. The van der Waals surface area contributed by atoms with Crippen LogP contribution in [0.3, 0.4) is 0 Å². The number of carbonyl (C=O) groups is 1. The molecule has 0 radical (unpaired) electrons. The molecule has 3 N–H and O–H groups in total. The van der Waals surface area contributed by atoms with E-state index in [1.165, 1.54) is 0 Å². The first-order valence-electron chi connectivity index (χ1n) is 9.85. The van der Waals surface area contributed by atoms with Crippen molar-refractivity contribution in [2.75, 3.05) is 5.32 Å². The minimum atomic E-state index is -1.29. The minimum Gasteiger partial charge on any atom is -0.443 e. The van der Waals surface area contributed by atoms with Crippen molar-refractivity contribution < 1.29 is 13.9 Å². The lowest BCUT2D eigenvalue weighted by Gasteiger charge is -2.19. The second kappa shape index (κ2) is 7.22. The van der Waals surface area contributed by atoms with Crippen LogP contribution in [0.25, 0.3) is 5.52 Å². The number of nitrogens with one attached hydrogen (secondary N) is 3. The number of H-pyrrole nitrogens is 1. The molecule has 9 nitrogen and oxygen atoms in total. The van der Waals surface area contributed by atoms with Crippen molar-refractivity contribution >= 4 is 39.2 Å². The van der Waals surface area contributed by atoms with Gasteiger partial charge in [-0.05, 0) is 48.5 Å². The lowest BCUT2D eigenvalue weighted by molar-refractivity contribution is 0.0546. The zero-order valence-electron chi connectivity index (χ0n) is 16.2. The maximum Gasteiger partial charge on any atom is 0.407 e. The summed E-state index contributed by atoms with van der Waals surface area (Å²) in [6.45, 7) is 1.95. The standard InChI is InChI=1S/C19H21BrFN7O2/c1-19(4-5-19)25-18(29)30-13-3-2-10(15(13)21)12-8-14(27-26-12)24-17-16-11(20)9-23-28(16)7-6-22-17/h6-10,13,15H,2-5H2,1H3,(H,25,29)(H2,22,24,26,27)/t10-,13-,15+/m0/s1. The summed E-state index contributed by atoms with van der Waals surface area (Å²) in [5.74, 6) is 0.692. The quantitative estimate of drug-likeness (QED) is 0.515. The number of amides is 1. The molecule has 0 bridgehead atoms. The van der Waals surface area contributed by atoms with E-state index < -0.39 is 24.3 Å². The van der Waals surface area contributed by atoms with E-state index in [9.17, 15) is 9.18 Å². The van der Waals surface area contributed by atoms with Gasteiger partial charge in [-0.1, -0.05) is 0 Å². The Hall–Kier alpha value is -2.69. The first-order chi connectivity index (χ1) is 14.4. The molecule has 3 aromatic rings. The molecule has 5 rings (SSSR count). The summed E-state index contributed by atoms with van der Waals surface area (Å²) in [5.41, 5.74) is 1.24. The van der Waals surface area contributed by atoms with Gasteiger partial charge in [0, 0.05) is 35.6 Å². The topological polar surface area (TPSA) is 109 Å². The van der Waals surface area contributed by atoms with Gasteiger partial charge in [-0.15, -0.1) is 0 Å². The summed E-state index contributed by atoms with van der Waals surface area (Å²) in [6, 6.07) is 1.76. The molecule has 2 fully saturated rings. The van der Waals surface area contributed by atoms with E-state index in [1.807, 2.05) is 6.92 Å². The van der Waals surface area contributed by atoms with Crippen LogP contribution in [0, 0.1) is 0 Å². The number of anilines is 2. The van der Waals surface area contributed by atoms with Crippen molar-refractivity contribution in [3.8, 4) is 0 Å². The smallest absolute Gasteiger partial charge is 0.407 e. The SMILES string of the molecule is CC1(NC(=O)O[C@H]2CC[C@@H](c3cc(Nc4nccn5ncc(Br)c45)n[nH]3)[C@H]2F)CC1. The van der Waals surface area contributed by atoms with Gasteiger partial charge in [-0.2, -0.15) is 10.2 Å². The fourth-order valence-corrected chi connectivity index (χ4v) is 4.27. The molecule has 1 amide bonds. The molecule has 3 aromatic heterocycles. The number of alkyl carbamates (subject to hydrolysis) is 1. The summed E-state index contributed by atoms with van der Waals surface area (Å²) >= 11 is 3.46. The largest absolute Gasteiger partial charge is 0.443 e. The Kier molecular flexibility index (Phi) is 4.64. The molecule has 0 saturated heterocycles. The van der Waals surface area contributed by atoms with Crippen molar-refractivity contribution in [2.45, 2.75) is 56.3 Å². The number of fused-ring (bicyclic) bond motifs is 1. The highest BCUT2D eigenvalue weighted by Crippen LogP contribution is 2.39. The molecule has 0 spiro atoms. The first kappa shape index (κ1) is 19.3. The summed E-state index contributed by atoms with van der Waals surface area (Å²) in [6.07, 6.45) is 5.37. The minimum absolute atomic E-state index is 0.188. The predicted octanol–water partition coefficient (Wildman–Crippen LogP) is 3.82. The van der Waals surface area contributed by atoms with Crippen molar-refractivity contribution in [1.29, 1.82) is 0 Å². The van der Waals surface area contributed by atoms with Crippen LogP contribution in [0.15, 0.2) is 29.1 Å². The van der Waals surface area contributed by atoms with Crippen LogP contribution in [-0.2, 0) is 4.74 Å². The van der Waals surface area contributed by atoms with Crippen LogP contribution in [-0.4, -0.2) is 48.7 Å². The van der Waals surface area contributed by atoms with Crippen LogP contribution in [0.4, 0.5) is 20.8 Å². The zero-order valence-corrected chi connectivity index (χ0v) is 17.8. The number of hydrogen-bond acceptors (Lipinski definition) is 6. The second-order valence-electron chi connectivity index (χ2n) is 8.15. The number of nitrogens with zero attached hydrogens (tertiary/aromatic N) is 4. The van der Waals surface area contributed by atoms with Gasteiger partial charge in [0.15, 0.2) is 11.6 Å². The van der Waals surface area contributed by atoms with Crippen LogP contribution in [0.1, 0.15) is 44.2 Å². The fraction of sp³-hybridized carbons (Fsp3) is 0.474. The highest BCUT2D eigenvalue weighted by atomic mass is 79.9. The van der Waals surface area contributed by atoms with E-state index in [0.29, 0.717) is 30.2 Å². The number of aromatic amines is 1. The van der Waals surface area contributed by atoms with E-state index in [0.717, 1.165) is 22.8 Å². The average Bonchev–Trinajstić information content (AvgIpc) is 3.03. The van der Waals surface area contributed by atoms with E-state index in [2.05, 4.69) is 46.8 Å². The Morgan fingerprint density at radius 1 is 1.43 bits per heavy atom. The normalized spacial score (nSPS) is 24.7. The molecular formula is C19H21BrFN7O2. The van der Waals surface area contributed by atoms with Crippen LogP contribution >= 0.6 is 15.9 Å². The van der Waals surface area contributed by atoms with Crippen molar-refractivity contribution in [3.63, 3.8) is 0 Å². The van der Waals surface area contributed by atoms with Gasteiger partial charge in [0.05, 0.1) is 10.7 Å². The molecule has 158 valence electrons. The maximum absolute atomic E-state index is 15.0. The van der Waals surface area contributed by atoms with E-state index in [4.69, 9.17) is 4.74 Å². The third kappa shape index (κ3) is 3.62. The van der Waals surface area contributed by atoms with Gasteiger partial charge < -0.3 is 15.4 Å². The molecule has 0 aliphatic heterocycles. The number of rotatable bonds is 5. The molecule has 3 atom stereocenters. The summed E-state index contributed by atoms with van der Waals surface area (Å²) in [4.78, 5) is 16.4. The molecule has 30 heavy (non-hydrogen) atoms. The highest BCUT2D eigenvalue weighted by Gasteiger charge is 2.43. The van der Waals surface area contributed by atoms with Crippen molar-refractivity contribution in [2.24, 2.45) is 0 Å². The molecule has 2 aliphatic carbocycles. The Morgan fingerprint density at radius 3 is 3.07 bits per heavy atom. The number of ether oxygens (including phenoxy) is 1. The monoisotopic (exact) mass is 477 g/mol. The predicted molar refractivity (Wildman–Crippen MR) is 110 cm³/mol. The molecular weight excluding hydrogens is 457 g/mol. The van der Waals surface area contributed by atoms with Gasteiger partial charge in [-0.3, -0.25) is 5.10 Å².